The van der Waals surface area contributed by atoms with Crippen LogP contribution in [0.5, 0.6) is 0 Å². The number of fused-ring (bicyclic) bond motifs is 3. The van der Waals surface area contributed by atoms with Crippen LogP contribution in [0.2, 0.25) is 0 Å². The summed E-state index contributed by atoms with van der Waals surface area (Å²) < 4.78 is 13.4. The molecule has 0 atom stereocenters. The number of halogens is 1. The van der Waals surface area contributed by atoms with Crippen LogP contribution in [0.1, 0.15) is 36.8 Å². The van der Waals surface area contributed by atoms with Crippen LogP contribution in [0.15, 0.2) is 24.3 Å². The summed E-state index contributed by atoms with van der Waals surface area (Å²) in [6.45, 7) is 1.64. The molecule has 0 bridgehead atoms. The van der Waals surface area contributed by atoms with Crippen molar-refractivity contribution in [2.45, 2.75) is 32.1 Å². The van der Waals surface area contributed by atoms with Crippen LogP contribution >= 0.6 is 0 Å². The van der Waals surface area contributed by atoms with E-state index in [2.05, 4.69) is 20.9 Å². The van der Waals surface area contributed by atoms with E-state index < -0.39 is 5.82 Å². The summed E-state index contributed by atoms with van der Waals surface area (Å²) in [5.41, 5.74) is 14.2. The fourth-order valence-electron chi connectivity index (χ4n) is 4.75. The SMILES string of the molecule is N#Cc1c(N2CCCCCC2)[nH+]c(N)c2c(N)nc3c(c12)CC(=O)N3c1ccc(F)cc1. The Morgan fingerprint density at radius 3 is 2.41 bits per heavy atom. The number of nitrogen functional groups attached to an aromatic ring is 2. The van der Waals surface area contributed by atoms with Gasteiger partial charge in [-0.15, -0.1) is 0 Å². The van der Waals surface area contributed by atoms with Gasteiger partial charge in [0.25, 0.3) is 0 Å². The van der Waals surface area contributed by atoms with Crippen LogP contribution in [0.25, 0.3) is 10.8 Å². The number of aromatic nitrogens is 2. The number of hydrogen-bond donors (Lipinski definition) is 2. The number of amides is 1. The standard InChI is InChI=1S/C23H22FN7O/c24-13-5-7-14(8-6-13)31-17(32)11-15-18-16(12-25)22(30-9-3-1-2-4-10-30)28-20(26)19(18)21(27)29-23(15)31/h5-8H,1-4,9-11H2,(H2,26,28)(H2,27,29)/p+1. The summed E-state index contributed by atoms with van der Waals surface area (Å²) in [6.07, 6.45) is 4.41. The van der Waals surface area contributed by atoms with Gasteiger partial charge < -0.3 is 11.5 Å². The van der Waals surface area contributed by atoms with Crippen LogP contribution in [-0.2, 0) is 11.2 Å². The molecule has 162 valence electrons. The molecular formula is C23H23FN7O+. The average Bonchev–Trinajstić information content (AvgIpc) is 2.94. The number of carbonyl (C=O) groups is 1. The number of anilines is 5. The second-order valence-electron chi connectivity index (χ2n) is 8.21. The van der Waals surface area contributed by atoms with Gasteiger partial charge in [0.05, 0.1) is 30.6 Å². The van der Waals surface area contributed by atoms with Gasteiger partial charge in [-0.3, -0.25) is 14.6 Å². The second-order valence-corrected chi connectivity index (χ2v) is 8.21. The Morgan fingerprint density at radius 1 is 1.06 bits per heavy atom. The zero-order valence-electron chi connectivity index (χ0n) is 17.5. The predicted octanol–water partition coefficient (Wildman–Crippen LogP) is 2.83. The zero-order chi connectivity index (χ0) is 22.4. The Labute approximate surface area is 184 Å². The number of pyridine rings is 2. The van der Waals surface area contributed by atoms with Crippen LogP contribution < -0.4 is 26.3 Å². The lowest BCUT2D eigenvalue weighted by molar-refractivity contribution is -0.344. The van der Waals surface area contributed by atoms with Crippen LogP contribution in [0.4, 0.5) is 33.3 Å². The highest BCUT2D eigenvalue weighted by atomic mass is 19.1. The smallest absolute Gasteiger partial charge is 0.240 e. The first kappa shape index (κ1) is 20.0. The molecule has 4 heterocycles. The lowest BCUT2D eigenvalue weighted by Gasteiger charge is -2.21. The fraction of sp³-hybridized carbons (Fsp3) is 0.304. The van der Waals surface area contributed by atoms with Crippen molar-refractivity contribution in [3.05, 3.63) is 41.2 Å². The maximum atomic E-state index is 13.4. The van der Waals surface area contributed by atoms with Crippen molar-refractivity contribution >= 4 is 45.6 Å². The number of carbonyl (C=O) groups excluding carboxylic acids is 1. The zero-order valence-corrected chi connectivity index (χ0v) is 17.5. The van der Waals surface area contributed by atoms with Crippen LogP contribution in [0.3, 0.4) is 0 Å². The third-order valence-electron chi connectivity index (χ3n) is 6.22. The van der Waals surface area contributed by atoms with E-state index in [1.165, 1.54) is 29.2 Å². The minimum absolute atomic E-state index is 0.0497. The van der Waals surface area contributed by atoms with Crippen molar-refractivity contribution in [1.29, 1.82) is 5.26 Å². The molecule has 0 spiro atoms. The lowest BCUT2D eigenvalue weighted by Crippen LogP contribution is -2.32. The Balaban J connectivity index is 1.76. The summed E-state index contributed by atoms with van der Waals surface area (Å²) in [4.78, 5) is 24.2. The van der Waals surface area contributed by atoms with Gasteiger partial charge in [-0.05, 0) is 37.1 Å². The molecule has 2 aliphatic heterocycles. The summed E-state index contributed by atoms with van der Waals surface area (Å²) in [6, 6.07) is 7.94. The number of aromatic amines is 1. The van der Waals surface area contributed by atoms with Crippen molar-refractivity contribution in [3.8, 4) is 6.07 Å². The van der Waals surface area contributed by atoms with Gasteiger partial charge in [0.15, 0.2) is 0 Å². The molecule has 0 radical (unpaired) electrons. The highest BCUT2D eigenvalue weighted by molar-refractivity contribution is 6.15. The van der Waals surface area contributed by atoms with Gasteiger partial charge in [-0.25, -0.2) is 14.4 Å². The number of benzene rings is 1. The quantitative estimate of drug-likeness (QED) is 0.641. The van der Waals surface area contributed by atoms with Crippen LogP contribution in [0, 0.1) is 17.1 Å². The van der Waals surface area contributed by atoms with E-state index >= 15 is 0 Å². The molecule has 32 heavy (non-hydrogen) atoms. The number of nitrogens with two attached hydrogens (primary N) is 2. The Kier molecular flexibility index (Phi) is 4.78. The van der Waals surface area contributed by atoms with Gasteiger partial charge >= 0.3 is 0 Å². The molecular weight excluding hydrogens is 409 g/mol. The summed E-state index contributed by atoms with van der Waals surface area (Å²) >= 11 is 0. The third-order valence-corrected chi connectivity index (χ3v) is 6.22. The summed E-state index contributed by atoms with van der Waals surface area (Å²) in [7, 11) is 0. The fourth-order valence-corrected chi connectivity index (χ4v) is 4.75. The number of hydrogen-bond acceptors (Lipinski definition) is 6. The molecule has 1 saturated heterocycles. The summed E-state index contributed by atoms with van der Waals surface area (Å²) in [5, 5.41) is 11.2. The maximum absolute atomic E-state index is 13.4. The molecule has 1 fully saturated rings. The highest BCUT2D eigenvalue weighted by Crippen LogP contribution is 2.43. The molecule has 3 aromatic rings. The minimum Gasteiger partial charge on any atom is -0.383 e. The number of H-pyrrole nitrogens is 1. The first-order chi connectivity index (χ1) is 15.5. The number of rotatable bonds is 2. The van der Waals surface area contributed by atoms with E-state index in [-0.39, 0.29) is 18.1 Å². The van der Waals surface area contributed by atoms with Crippen molar-refractivity contribution in [2.24, 2.45) is 0 Å². The van der Waals surface area contributed by atoms with Gasteiger partial charge in [0, 0.05) is 10.9 Å². The van der Waals surface area contributed by atoms with Crippen LogP contribution in [-0.4, -0.2) is 24.0 Å². The van der Waals surface area contributed by atoms with E-state index in [0.717, 1.165) is 38.8 Å². The molecule has 1 amide bonds. The largest absolute Gasteiger partial charge is 0.383 e. The predicted molar refractivity (Wildman–Crippen MR) is 120 cm³/mol. The van der Waals surface area contributed by atoms with Crippen molar-refractivity contribution in [1.82, 2.24) is 4.98 Å². The Bertz CT molecular complexity index is 1270. The molecule has 0 unspecified atom stereocenters. The first-order valence-corrected chi connectivity index (χ1v) is 10.7. The van der Waals surface area contributed by atoms with Crippen molar-refractivity contribution < 1.29 is 14.2 Å². The average molecular weight is 432 g/mol. The normalized spacial score (nSPS) is 16.2. The summed E-state index contributed by atoms with van der Waals surface area (Å²) in [5.74, 6) is 0.837. The molecule has 2 aliphatic rings. The number of nitrogens with one attached hydrogen (secondary N) is 1. The van der Waals surface area contributed by atoms with Gasteiger partial charge in [-0.1, -0.05) is 12.8 Å². The van der Waals surface area contributed by atoms with E-state index in [1.807, 2.05) is 0 Å². The molecule has 5 N–H and O–H groups in total. The number of nitriles is 1. The van der Waals surface area contributed by atoms with Crippen molar-refractivity contribution in [3.63, 3.8) is 0 Å². The molecule has 5 rings (SSSR count). The third kappa shape index (κ3) is 3.07. The topological polar surface area (TPSA) is 126 Å². The maximum Gasteiger partial charge on any atom is 0.240 e. The van der Waals surface area contributed by atoms with Gasteiger partial charge in [0.1, 0.15) is 29.1 Å². The molecule has 2 aromatic heterocycles. The van der Waals surface area contributed by atoms with Gasteiger partial charge in [0.2, 0.25) is 17.5 Å². The minimum atomic E-state index is -0.399. The first-order valence-electron chi connectivity index (χ1n) is 10.7. The van der Waals surface area contributed by atoms with E-state index in [0.29, 0.717) is 45.0 Å². The Hall–Kier alpha value is -3.93. The van der Waals surface area contributed by atoms with Gasteiger partial charge in [-0.2, -0.15) is 5.26 Å². The molecule has 0 saturated carbocycles. The van der Waals surface area contributed by atoms with Crippen molar-refractivity contribution in [2.75, 3.05) is 34.4 Å². The lowest BCUT2D eigenvalue weighted by atomic mass is 10.0. The molecule has 9 heteroatoms. The highest BCUT2D eigenvalue weighted by Gasteiger charge is 2.36. The monoisotopic (exact) mass is 432 g/mol. The second kappa shape index (κ2) is 7.64. The molecule has 1 aromatic carbocycles. The van der Waals surface area contributed by atoms with E-state index in [9.17, 15) is 14.4 Å². The molecule has 8 nitrogen and oxygen atoms in total. The number of nitrogens with zero attached hydrogens (tertiary/aromatic N) is 4. The Morgan fingerprint density at radius 2 is 1.75 bits per heavy atom. The molecule has 0 aliphatic carbocycles. The van der Waals surface area contributed by atoms with E-state index in [1.54, 1.807) is 0 Å². The van der Waals surface area contributed by atoms with E-state index in [4.69, 9.17) is 11.5 Å².